The summed E-state index contributed by atoms with van der Waals surface area (Å²) < 4.78 is 0. The molecule has 0 aliphatic heterocycles. The van der Waals surface area contributed by atoms with Gasteiger partial charge >= 0.3 is 0 Å². The lowest BCUT2D eigenvalue weighted by Crippen LogP contribution is -2.21. The highest BCUT2D eigenvalue weighted by molar-refractivity contribution is 7.13. The summed E-state index contributed by atoms with van der Waals surface area (Å²) in [5.74, 6) is -0.226. The third-order valence-corrected chi connectivity index (χ3v) is 5.21. The maximum Gasteiger partial charge on any atom is 0.286 e. The van der Waals surface area contributed by atoms with E-state index >= 15 is 0 Å². The molecule has 3 aromatic rings. The summed E-state index contributed by atoms with van der Waals surface area (Å²) in [5.41, 5.74) is 3.15. The zero-order valence-electron chi connectivity index (χ0n) is 15.1. The number of aryl methyl sites for hydroxylation is 1. The Labute approximate surface area is 157 Å². The molecule has 0 aliphatic carbocycles. The molecule has 134 valence electrons. The smallest absolute Gasteiger partial charge is 0.286 e. The second kappa shape index (κ2) is 8.21. The SMILES string of the molecule is Cc1ccc(NC(=O)c2nnc(CN(C)[C@H](C)c3ccccc3)s2)cc1. The van der Waals surface area contributed by atoms with Crippen molar-refractivity contribution in [3.63, 3.8) is 0 Å². The molecule has 0 fully saturated rings. The number of nitrogens with zero attached hydrogens (tertiary/aromatic N) is 3. The number of nitrogens with one attached hydrogen (secondary N) is 1. The van der Waals surface area contributed by atoms with E-state index in [-0.39, 0.29) is 11.9 Å². The highest BCUT2D eigenvalue weighted by atomic mass is 32.1. The molecule has 1 atom stereocenters. The quantitative estimate of drug-likeness (QED) is 0.707. The maximum absolute atomic E-state index is 12.3. The molecule has 26 heavy (non-hydrogen) atoms. The Bertz CT molecular complexity index is 861. The van der Waals surface area contributed by atoms with Crippen LogP contribution in [0.15, 0.2) is 54.6 Å². The number of hydrogen-bond acceptors (Lipinski definition) is 5. The molecule has 0 unspecified atom stereocenters. The van der Waals surface area contributed by atoms with Gasteiger partial charge in [-0.05, 0) is 38.6 Å². The second-order valence-corrected chi connectivity index (χ2v) is 7.38. The average molecular weight is 366 g/mol. The van der Waals surface area contributed by atoms with Crippen LogP contribution >= 0.6 is 11.3 Å². The van der Waals surface area contributed by atoms with Gasteiger partial charge in [-0.2, -0.15) is 0 Å². The van der Waals surface area contributed by atoms with Gasteiger partial charge in [-0.15, -0.1) is 10.2 Å². The van der Waals surface area contributed by atoms with Crippen molar-refractivity contribution in [2.45, 2.75) is 26.4 Å². The van der Waals surface area contributed by atoms with Crippen LogP contribution in [0.1, 0.15) is 38.9 Å². The Kier molecular flexibility index (Phi) is 5.75. The summed E-state index contributed by atoms with van der Waals surface area (Å²) in [7, 11) is 2.05. The Hall–Kier alpha value is -2.57. The number of rotatable bonds is 6. The normalized spacial score (nSPS) is 12.2. The van der Waals surface area contributed by atoms with E-state index in [4.69, 9.17) is 0 Å². The number of anilines is 1. The fraction of sp³-hybridized carbons (Fsp3) is 0.250. The van der Waals surface area contributed by atoms with Crippen LogP contribution in [0.25, 0.3) is 0 Å². The molecule has 5 nitrogen and oxygen atoms in total. The van der Waals surface area contributed by atoms with Gasteiger partial charge in [0.15, 0.2) is 0 Å². The number of benzene rings is 2. The summed E-state index contributed by atoms with van der Waals surface area (Å²) >= 11 is 1.33. The second-order valence-electron chi connectivity index (χ2n) is 6.32. The van der Waals surface area contributed by atoms with Gasteiger partial charge in [0.2, 0.25) is 5.01 Å². The maximum atomic E-state index is 12.3. The summed E-state index contributed by atoms with van der Waals surface area (Å²) in [6.45, 7) is 4.81. The van der Waals surface area contributed by atoms with Crippen LogP contribution < -0.4 is 5.32 Å². The minimum atomic E-state index is -0.226. The van der Waals surface area contributed by atoms with Gasteiger partial charge in [0, 0.05) is 11.7 Å². The topological polar surface area (TPSA) is 58.1 Å². The molecule has 6 heteroatoms. The first-order valence-electron chi connectivity index (χ1n) is 8.48. The van der Waals surface area contributed by atoms with Crippen LogP contribution in [0.2, 0.25) is 0 Å². The zero-order valence-corrected chi connectivity index (χ0v) is 16.0. The predicted molar refractivity (Wildman–Crippen MR) is 105 cm³/mol. The first-order chi connectivity index (χ1) is 12.5. The number of hydrogen-bond donors (Lipinski definition) is 1. The van der Waals surface area contributed by atoms with E-state index in [9.17, 15) is 4.79 Å². The van der Waals surface area contributed by atoms with Crippen LogP contribution in [0.4, 0.5) is 5.69 Å². The Morgan fingerprint density at radius 1 is 1.12 bits per heavy atom. The van der Waals surface area contributed by atoms with Crippen molar-refractivity contribution in [3.05, 3.63) is 75.7 Å². The summed E-state index contributed by atoms with van der Waals surface area (Å²) in [5, 5.41) is 12.3. The van der Waals surface area contributed by atoms with E-state index in [2.05, 4.69) is 39.5 Å². The molecule has 0 aliphatic rings. The molecule has 1 heterocycles. The molecule has 0 radical (unpaired) electrons. The van der Waals surface area contributed by atoms with Gasteiger partial charge in [-0.25, -0.2) is 0 Å². The van der Waals surface area contributed by atoms with Crippen molar-refractivity contribution in [2.24, 2.45) is 0 Å². The molecule has 0 saturated carbocycles. The van der Waals surface area contributed by atoms with Gasteiger partial charge in [-0.1, -0.05) is 59.4 Å². The molecular formula is C20H22N4OS. The largest absolute Gasteiger partial charge is 0.320 e. The zero-order chi connectivity index (χ0) is 18.5. The van der Waals surface area contributed by atoms with E-state index in [1.54, 1.807) is 0 Å². The number of carbonyl (C=O) groups excluding carboxylic acids is 1. The van der Waals surface area contributed by atoms with E-state index in [1.807, 2.05) is 56.4 Å². The molecule has 1 aromatic heterocycles. The number of amides is 1. The average Bonchev–Trinajstić information content (AvgIpc) is 3.12. The van der Waals surface area contributed by atoms with Gasteiger partial charge in [0.25, 0.3) is 5.91 Å². The number of aromatic nitrogens is 2. The van der Waals surface area contributed by atoms with Gasteiger partial charge in [-0.3, -0.25) is 9.69 Å². The minimum absolute atomic E-state index is 0.226. The van der Waals surface area contributed by atoms with Crippen molar-refractivity contribution in [1.82, 2.24) is 15.1 Å². The van der Waals surface area contributed by atoms with Crippen LogP contribution in [-0.4, -0.2) is 28.1 Å². The fourth-order valence-electron chi connectivity index (χ4n) is 2.57. The highest BCUT2D eigenvalue weighted by Crippen LogP contribution is 2.22. The molecule has 0 bridgehead atoms. The molecule has 0 saturated heterocycles. The third kappa shape index (κ3) is 4.53. The predicted octanol–water partition coefficient (Wildman–Crippen LogP) is 4.29. The molecule has 1 amide bonds. The van der Waals surface area contributed by atoms with Gasteiger partial charge in [0.1, 0.15) is 5.01 Å². The Morgan fingerprint density at radius 2 is 1.81 bits per heavy atom. The lowest BCUT2D eigenvalue weighted by molar-refractivity contribution is 0.102. The van der Waals surface area contributed by atoms with E-state index in [0.717, 1.165) is 16.3 Å². The van der Waals surface area contributed by atoms with Crippen LogP contribution in [0, 0.1) is 6.92 Å². The first kappa shape index (κ1) is 18.2. The first-order valence-corrected chi connectivity index (χ1v) is 9.30. The highest BCUT2D eigenvalue weighted by Gasteiger charge is 2.17. The summed E-state index contributed by atoms with van der Waals surface area (Å²) in [6.07, 6.45) is 0. The Balaban J connectivity index is 1.62. The van der Waals surface area contributed by atoms with Gasteiger partial charge < -0.3 is 5.32 Å². The minimum Gasteiger partial charge on any atom is -0.320 e. The van der Waals surface area contributed by atoms with Crippen molar-refractivity contribution >= 4 is 22.9 Å². The van der Waals surface area contributed by atoms with Gasteiger partial charge in [0.05, 0.1) is 6.54 Å². The lowest BCUT2D eigenvalue weighted by Gasteiger charge is -2.23. The van der Waals surface area contributed by atoms with Crippen LogP contribution in [0.3, 0.4) is 0 Å². The summed E-state index contributed by atoms with van der Waals surface area (Å²) in [4.78, 5) is 14.5. The number of carbonyl (C=O) groups is 1. The van der Waals surface area contributed by atoms with Crippen molar-refractivity contribution < 1.29 is 4.79 Å². The van der Waals surface area contributed by atoms with Crippen molar-refractivity contribution in [1.29, 1.82) is 0 Å². The van der Waals surface area contributed by atoms with Crippen LogP contribution in [0.5, 0.6) is 0 Å². The third-order valence-electron chi connectivity index (χ3n) is 4.30. The van der Waals surface area contributed by atoms with E-state index in [0.29, 0.717) is 11.6 Å². The summed E-state index contributed by atoms with van der Waals surface area (Å²) in [6, 6.07) is 18.3. The molecule has 0 spiro atoms. The fourth-order valence-corrected chi connectivity index (χ4v) is 3.37. The lowest BCUT2D eigenvalue weighted by atomic mass is 10.1. The standard InChI is InChI=1S/C20H22N4OS/c1-14-9-11-17(12-10-14)21-19(25)20-23-22-18(26-20)13-24(3)15(2)16-7-5-4-6-8-16/h4-12,15H,13H2,1-3H3,(H,21,25)/t15-/m1/s1. The molecular weight excluding hydrogens is 344 g/mol. The van der Waals surface area contributed by atoms with E-state index in [1.165, 1.54) is 16.9 Å². The van der Waals surface area contributed by atoms with Crippen molar-refractivity contribution in [3.8, 4) is 0 Å². The van der Waals surface area contributed by atoms with E-state index < -0.39 is 0 Å². The molecule has 3 rings (SSSR count). The van der Waals surface area contributed by atoms with Crippen molar-refractivity contribution in [2.75, 3.05) is 12.4 Å². The molecule has 1 N–H and O–H groups in total. The van der Waals surface area contributed by atoms with Crippen LogP contribution in [-0.2, 0) is 6.54 Å². The molecule has 2 aromatic carbocycles. The monoisotopic (exact) mass is 366 g/mol. The Morgan fingerprint density at radius 3 is 2.50 bits per heavy atom.